The molecule has 0 spiro atoms. The van der Waals surface area contributed by atoms with Crippen molar-refractivity contribution in [2.24, 2.45) is 17.6 Å². The molecular formula is C14H26N2O3. The molecule has 1 fully saturated rings. The van der Waals surface area contributed by atoms with Crippen LogP contribution in [0.25, 0.3) is 0 Å². The van der Waals surface area contributed by atoms with E-state index in [1.807, 2.05) is 6.92 Å². The van der Waals surface area contributed by atoms with Crippen LogP contribution in [-0.2, 0) is 9.59 Å². The summed E-state index contributed by atoms with van der Waals surface area (Å²) in [6.45, 7) is 3.66. The molecule has 0 aliphatic heterocycles. The number of carbonyl (C=O) groups excluding carboxylic acids is 1. The number of hydrogen-bond donors (Lipinski definition) is 3. The van der Waals surface area contributed by atoms with Crippen molar-refractivity contribution < 1.29 is 14.7 Å². The van der Waals surface area contributed by atoms with Gasteiger partial charge in [0.1, 0.15) is 0 Å². The van der Waals surface area contributed by atoms with E-state index in [4.69, 9.17) is 10.8 Å². The smallest absolute Gasteiger partial charge is 0.306 e. The van der Waals surface area contributed by atoms with Crippen LogP contribution < -0.4 is 11.1 Å². The molecule has 1 aliphatic carbocycles. The minimum absolute atomic E-state index is 0.000711. The third-order valence-electron chi connectivity index (χ3n) is 3.75. The lowest BCUT2D eigenvalue weighted by Crippen LogP contribution is -2.37. The molecule has 0 bridgehead atoms. The van der Waals surface area contributed by atoms with Gasteiger partial charge in [-0.2, -0.15) is 0 Å². The fourth-order valence-corrected chi connectivity index (χ4v) is 2.16. The van der Waals surface area contributed by atoms with Crippen molar-refractivity contribution in [1.29, 1.82) is 0 Å². The van der Waals surface area contributed by atoms with E-state index in [-0.39, 0.29) is 23.9 Å². The molecule has 0 heterocycles. The van der Waals surface area contributed by atoms with Crippen LogP contribution in [0.1, 0.15) is 52.4 Å². The van der Waals surface area contributed by atoms with Crippen LogP contribution in [0.5, 0.6) is 0 Å². The normalized spacial score (nSPS) is 19.5. The molecule has 0 saturated heterocycles. The van der Waals surface area contributed by atoms with Crippen LogP contribution in [0.3, 0.4) is 0 Å². The van der Waals surface area contributed by atoms with Gasteiger partial charge >= 0.3 is 5.97 Å². The van der Waals surface area contributed by atoms with Gasteiger partial charge in [0.15, 0.2) is 0 Å². The van der Waals surface area contributed by atoms with Gasteiger partial charge in [0.25, 0.3) is 0 Å². The standard InChI is InChI=1S/C14H26N2O3/c1-9(14(18)19)4-3-5-10(2)16-13(17)8-12(15)11-6-7-11/h9-12H,3-8,15H2,1-2H3,(H,16,17)(H,18,19). The molecule has 5 nitrogen and oxygen atoms in total. The highest BCUT2D eigenvalue weighted by Crippen LogP contribution is 2.32. The molecule has 0 radical (unpaired) electrons. The molecule has 0 aromatic rings. The number of carboxylic acid groups (broad SMARTS) is 1. The van der Waals surface area contributed by atoms with Gasteiger partial charge < -0.3 is 16.2 Å². The molecule has 3 unspecified atom stereocenters. The maximum atomic E-state index is 11.7. The minimum Gasteiger partial charge on any atom is -0.481 e. The van der Waals surface area contributed by atoms with Crippen LogP contribution in [0.4, 0.5) is 0 Å². The van der Waals surface area contributed by atoms with Crippen molar-refractivity contribution >= 4 is 11.9 Å². The Morgan fingerprint density at radius 3 is 2.47 bits per heavy atom. The average Bonchev–Trinajstić information content (AvgIpc) is 3.11. The molecule has 1 rings (SSSR count). The highest BCUT2D eigenvalue weighted by Gasteiger charge is 2.29. The summed E-state index contributed by atoms with van der Waals surface area (Å²) in [4.78, 5) is 22.4. The second kappa shape index (κ2) is 7.48. The Labute approximate surface area is 114 Å². The van der Waals surface area contributed by atoms with Crippen LogP contribution in [-0.4, -0.2) is 29.1 Å². The van der Waals surface area contributed by atoms with Gasteiger partial charge in [0, 0.05) is 18.5 Å². The Bertz CT molecular complexity index is 316. The van der Waals surface area contributed by atoms with E-state index in [1.54, 1.807) is 6.92 Å². The van der Waals surface area contributed by atoms with E-state index in [1.165, 1.54) is 0 Å². The number of aliphatic carboxylic acids is 1. The first-order chi connectivity index (χ1) is 8.90. The number of amides is 1. The van der Waals surface area contributed by atoms with Gasteiger partial charge in [0.05, 0.1) is 5.92 Å². The molecular weight excluding hydrogens is 244 g/mol. The summed E-state index contributed by atoms with van der Waals surface area (Å²) < 4.78 is 0. The van der Waals surface area contributed by atoms with Gasteiger partial charge in [-0.05, 0) is 38.5 Å². The van der Waals surface area contributed by atoms with Crippen LogP contribution in [0.2, 0.25) is 0 Å². The highest BCUT2D eigenvalue weighted by molar-refractivity contribution is 5.76. The van der Waals surface area contributed by atoms with Crippen LogP contribution in [0, 0.1) is 11.8 Å². The zero-order valence-corrected chi connectivity index (χ0v) is 11.9. The van der Waals surface area contributed by atoms with E-state index in [0.29, 0.717) is 18.8 Å². The predicted molar refractivity (Wildman–Crippen MR) is 73.6 cm³/mol. The summed E-state index contributed by atoms with van der Waals surface area (Å²) >= 11 is 0. The van der Waals surface area contributed by atoms with Crippen LogP contribution in [0.15, 0.2) is 0 Å². The summed E-state index contributed by atoms with van der Waals surface area (Å²) in [5.74, 6) is -0.519. The zero-order chi connectivity index (χ0) is 14.4. The Morgan fingerprint density at radius 1 is 1.32 bits per heavy atom. The van der Waals surface area contributed by atoms with E-state index in [9.17, 15) is 9.59 Å². The fourth-order valence-electron chi connectivity index (χ4n) is 2.16. The monoisotopic (exact) mass is 270 g/mol. The second-order valence-corrected chi connectivity index (χ2v) is 5.84. The highest BCUT2D eigenvalue weighted by atomic mass is 16.4. The van der Waals surface area contributed by atoms with E-state index in [2.05, 4.69) is 5.32 Å². The quantitative estimate of drug-likeness (QED) is 0.592. The molecule has 1 aliphatic rings. The molecule has 0 aromatic carbocycles. The number of hydrogen-bond acceptors (Lipinski definition) is 3. The number of carboxylic acids is 1. The topological polar surface area (TPSA) is 92.4 Å². The number of nitrogens with one attached hydrogen (secondary N) is 1. The maximum absolute atomic E-state index is 11.7. The summed E-state index contributed by atoms with van der Waals surface area (Å²) in [7, 11) is 0. The lowest BCUT2D eigenvalue weighted by molar-refractivity contribution is -0.141. The van der Waals surface area contributed by atoms with Crippen LogP contribution >= 0.6 is 0 Å². The van der Waals surface area contributed by atoms with Crippen molar-refractivity contribution in [3.8, 4) is 0 Å². The number of nitrogens with two attached hydrogens (primary N) is 1. The van der Waals surface area contributed by atoms with Gasteiger partial charge in [-0.25, -0.2) is 0 Å². The van der Waals surface area contributed by atoms with Crippen molar-refractivity contribution in [2.45, 2.75) is 64.5 Å². The summed E-state index contributed by atoms with van der Waals surface area (Å²) in [5, 5.41) is 11.7. The third kappa shape index (κ3) is 6.57. The predicted octanol–water partition coefficient (Wildman–Crippen LogP) is 1.51. The van der Waals surface area contributed by atoms with Crippen molar-refractivity contribution in [3.05, 3.63) is 0 Å². The SMILES string of the molecule is CC(CCCC(C)C(=O)O)NC(=O)CC(N)C1CC1. The lowest BCUT2D eigenvalue weighted by Gasteiger charge is -2.16. The third-order valence-corrected chi connectivity index (χ3v) is 3.75. The molecule has 1 saturated carbocycles. The second-order valence-electron chi connectivity index (χ2n) is 5.84. The largest absolute Gasteiger partial charge is 0.481 e. The van der Waals surface area contributed by atoms with Crippen molar-refractivity contribution in [1.82, 2.24) is 5.32 Å². The number of carbonyl (C=O) groups is 2. The minimum atomic E-state index is -0.757. The summed E-state index contributed by atoms with van der Waals surface area (Å²) in [6, 6.07) is 0.0825. The van der Waals surface area contributed by atoms with Gasteiger partial charge in [0.2, 0.25) is 5.91 Å². The maximum Gasteiger partial charge on any atom is 0.306 e. The number of rotatable bonds is 9. The molecule has 5 heteroatoms. The molecule has 19 heavy (non-hydrogen) atoms. The first kappa shape index (κ1) is 16.0. The first-order valence-electron chi connectivity index (χ1n) is 7.18. The Balaban J connectivity index is 2.10. The molecule has 0 aromatic heterocycles. The van der Waals surface area contributed by atoms with E-state index < -0.39 is 5.97 Å². The molecule has 1 amide bonds. The molecule has 110 valence electrons. The van der Waals surface area contributed by atoms with Crippen molar-refractivity contribution in [2.75, 3.05) is 0 Å². The Hall–Kier alpha value is -1.10. The lowest BCUT2D eigenvalue weighted by atomic mass is 10.0. The average molecular weight is 270 g/mol. The fraction of sp³-hybridized carbons (Fsp3) is 0.857. The van der Waals surface area contributed by atoms with Gasteiger partial charge in [-0.1, -0.05) is 13.3 Å². The Kier molecular flexibility index (Phi) is 6.28. The molecule has 4 N–H and O–H groups in total. The molecule has 3 atom stereocenters. The van der Waals surface area contributed by atoms with Crippen molar-refractivity contribution in [3.63, 3.8) is 0 Å². The first-order valence-corrected chi connectivity index (χ1v) is 7.18. The Morgan fingerprint density at radius 2 is 1.95 bits per heavy atom. The van der Waals surface area contributed by atoms with E-state index >= 15 is 0 Å². The van der Waals surface area contributed by atoms with Gasteiger partial charge in [-0.3, -0.25) is 9.59 Å². The summed E-state index contributed by atoms with van der Waals surface area (Å²) in [5.41, 5.74) is 5.90. The van der Waals surface area contributed by atoms with Gasteiger partial charge in [-0.15, -0.1) is 0 Å². The van der Waals surface area contributed by atoms with E-state index in [0.717, 1.165) is 25.7 Å². The summed E-state index contributed by atoms with van der Waals surface area (Å²) in [6.07, 6.45) is 4.97. The zero-order valence-electron chi connectivity index (χ0n) is 11.9.